The Labute approximate surface area is 209 Å². The topological polar surface area (TPSA) is 35.6 Å². The number of carbonyl (C=O) groups excluding carboxylic acids is 1. The molecule has 2 aromatic rings. The summed E-state index contributed by atoms with van der Waals surface area (Å²) in [4.78, 5) is 19.0. The summed E-state index contributed by atoms with van der Waals surface area (Å²) in [6, 6.07) is 17.5. The minimum atomic E-state index is 0. The SMILES string of the molecule is CSc1ccccc1N1CCN(CCCCCC(=O)NC2CCCc3ccccc32)CC1.[Cl-]. The number of unbranched alkanes of at least 4 members (excludes halogenated alkanes) is 2. The third-order valence-corrected chi connectivity index (χ3v) is 7.67. The van der Waals surface area contributed by atoms with E-state index < -0.39 is 0 Å². The van der Waals surface area contributed by atoms with Crippen LogP contribution in [0.15, 0.2) is 53.4 Å². The maximum atomic E-state index is 12.5. The number of thioether (sulfide) groups is 1. The molecular weight excluding hydrogens is 450 g/mol. The number of fused-ring (bicyclic) bond motifs is 1. The van der Waals surface area contributed by atoms with Crippen molar-refractivity contribution in [2.45, 2.75) is 55.9 Å². The molecule has 1 fully saturated rings. The first-order chi connectivity index (χ1) is 15.7. The summed E-state index contributed by atoms with van der Waals surface area (Å²) >= 11 is 1.83. The molecular formula is C27H37ClN3OS-. The van der Waals surface area contributed by atoms with Crippen LogP contribution in [0.3, 0.4) is 0 Å². The molecule has 180 valence electrons. The lowest BCUT2D eigenvalue weighted by Crippen LogP contribution is -3.00. The summed E-state index contributed by atoms with van der Waals surface area (Å²) in [7, 11) is 0. The molecule has 0 aromatic heterocycles. The summed E-state index contributed by atoms with van der Waals surface area (Å²) in [5.41, 5.74) is 4.11. The Morgan fingerprint density at radius 1 is 1.00 bits per heavy atom. The van der Waals surface area contributed by atoms with E-state index in [-0.39, 0.29) is 24.4 Å². The molecule has 1 amide bonds. The normalized spacial score (nSPS) is 18.3. The van der Waals surface area contributed by atoms with Gasteiger partial charge in [0.15, 0.2) is 0 Å². The Hall–Kier alpha value is -1.69. The molecule has 1 aliphatic heterocycles. The van der Waals surface area contributed by atoms with Crippen LogP contribution in [0.1, 0.15) is 55.7 Å². The Bertz CT molecular complexity index is 885. The number of carbonyl (C=O) groups is 1. The van der Waals surface area contributed by atoms with Crippen molar-refractivity contribution in [1.82, 2.24) is 10.2 Å². The molecule has 33 heavy (non-hydrogen) atoms. The van der Waals surface area contributed by atoms with Gasteiger partial charge in [-0.3, -0.25) is 9.69 Å². The van der Waals surface area contributed by atoms with Crippen molar-refractivity contribution in [3.05, 3.63) is 59.7 Å². The van der Waals surface area contributed by atoms with E-state index in [1.54, 1.807) is 0 Å². The maximum absolute atomic E-state index is 12.5. The largest absolute Gasteiger partial charge is 1.00 e. The van der Waals surface area contributed by atoms with Crippen LogP contribution >= 0.6 is 11.8 Å². The minimum absolute atomic E-state index is 0. The Morgan fingerprint density at radius 2 is 1.76 bits per heavy atom. The lowest BCUT2D eigenvalue weighted by atomic mass is 9.87. The molecule has 1 aliphatic carbocycles. The number of para-hydroxylation sites is 1. The van der Waals surface area contributed by atoms with Crippen molar-refractivity contribution in [3.63, 3.8) is 0 Å². The van der Waals surface area contributed by atoms with Gasteiger partial charge in [-0.05, 0) is 68.2 Å². The molecule has 4 rings (SSSR count). The Balaban J connectivity index is 0.00000306. The monoisotopic (exact) mass is 486 g/mol. The van der Waals surface area contributed by atoms with Crippen molar-refractivity contribution in [3.8, 4) is 0 Å². The number of amides is 1. The second-order valence-corrected chi connectivity index (χ2v) is 9.87. The first-order valence-electron chi connectivity index (χ1n) is 12.2. The van der Waals surface area contributed by atoms with Crippen LogP contribution in [0.25, 0.3) is 0 Å². The van der Waals surface area contributed by atoms with Gasteiger partial charge in [-0.1, -0.05) is 42.8 Å². The first kappa shape index (κ1) is 25.9. The van der Waals surface area contributed by atoms with E-state index in [9.17, 15) is 4.79 Å². The third kappa shape index (κ3) is 7.14. The molecule has 2 aliphatic rings. The molecule has 1 saturated heterocycles. The van der Waals surface area contributed by atoms with Crippen LogP contribution in [-0.4, -0.2) is 49.8 Å². The Morgan fingerprint density at radius 3 is 2.58 bits per heavy atom. The number of hydrogen-bond acceptors (Lipinski definition) is 4. The van der Waals surface area contributed by atoms with E-state index in [1.807, 2.05) is 11.8 Å². The van der Waals surface area contributed by atoms with Gasteiger partial charge in [0.05, 0.1) is 11.7 Å². The minimum Gasteiger partial charge on any atom is -1.00 e. The van der Waals surface area contributed by atoms with Crippen LogP contribution in [0.5, 0.6) is 0 Å². The quantitative estimate of drug-likeness (QED) is 0.436. The number of nitrogens with one attached hydrogen (secondary N) is 1. The second kappa shape index (κ2) is 13.3. The van der Waals surface area contributed by atoms with Crippen molar-refractivity contribution in [1.29, 1.82) is 0 Å². The van der Waals surface area contributed by atoms with Crippen molar-refractivity contribution in [2.24, 2.45) is 0 Å². The number of halogens is 1. The number of aryl methyl sites for hydroxylation is 1. The average Bonchev–Trinajstić information content (AvgIpc) is 2.84. The van der Waals surface area contributed by atoms with E-state index in [2.05, 4.69) is 69.9 Å². The zero-order valence-electron chi connectivity index (χ0n) is 19.8. The van der Waals surface area contributed by atoms with Gasteiger partial charge in [-0.2, -0.15) is 0 Å². The van der Waals surface area contributed by atoms with Gasteiger partial charge in [0, 0.05) is 37.5 Å². The van der Waals surface area contributed by atoms with Gasteiger partial charge in [0.2, 0.25) is 5.91 Å². The lowest BCUT2D eigenvalue weighted by Gasteiger charge is -2.36. The van der Waals surface area contributed by atoms with Crippen LogP contribution in [0, 0.1) is 0 Å². The number of piperazine rings is 1. The van der Waals surface area contributed by atoms with Gasteiger partial charge in [0.25, 0.3) is 0 Å². The standard InChI is InChI=1S/C27H37N3OS.ClH/c1-32-26-15-7-6-14-25(26)30-20-18-29(19-21-30)17-8-2-3-16-27(31)28-24-13-9-11-22-10-4-5-12-23(22)24;/h4-7,10,12,14-15,24H,2-3,8-9,11,13,16-21H2,1H3,(H,28,31);1H/p-1. The summed E-state index contributed by atoms with van der Waals surface area (Å²) in [6.07, 6.45) is 9.48. The Kier molecular flexibility index (Phi) is 10.4. The van der Waals surface area contributed by atoms with Gasteiger partial charge >= 0.3 is 0 Å². The van der Waals surface area contributed by atoms with E-state index in [1.165, 1.54) is 28.1 Å². The number of anilines is 1. The highest BCUT2D eigenvalue weighted by molar-refractivity contribution is 7.98. The average molecular weight is 487 g/mol. The van der Waals surface area contributed by atoms with Crippen molar-refractivity contribution < 1.29 is 17.2 Å². The van der Waals surface area contributed by atoms with Gasteiger partial charge < -0.3 is 22.6 Å². The van der Waals surface area contributed by atoms with Gasteiger partial charge in [-0.15, -0.1) is 11.8 Å². The molecule has 1 atom stereocenters. The van der Waals surface area contributed by atoms with Crippen LogP contribution < -0.4 is 22.6 Å². The van der Waals surface area contributed by atoms with Crippen molar-refractivity contribution >= 4 is 23.4 Å². The maximum Gasteiger partial charge on any atom is 0.220 e. The second-order valence-electron chi connectivity index (χ2n) is 9.02. The first-order valence-corrected chi connectivity index (χ1v) is 13.4. The third-order valence-electron chi connectivity index (χ3n) is 6.88. The number of rotatable bonds is 9. The number of benzene rings is 2. The van der Waals surface area contributed by atoms with E-state index in [4.69, 9.17) is 0 Å². The summed E-state index contributed by atoms with van der Waals surface area (Å²) in [5.74, 6) is 0.216. The molecule has 0 radical (unpaired) electrons. The number of nitrogens with zero attached hydrogens (tertiary/aromatic N) is 2. The van der Waals surface area contributed by atoms with E-state index in [0.717, 1.165) is 64.8 Å². The summed E-state index contributed by atoms with van der Waals surface area (Å²) in [6.45, 7) is 5.61. The van der Waals surface area contributed by atoms with Crippen LogP contribution in [0.2, 0.25) is 0 Å². The zero-order valence-corrected chi connectivity index (χ0v) is 21.3. The highest BCUT2D eigenvalue weighted by Crippen LogP contribution is 2.30. The van der Waals surface area contributed by atoms with E-state index in [0.29, 0.717) is 6.42 Å². The summed E-state index contributed by atoms with van der Waals surface area (Å²) < 4.78 is 0. The van der Waals surface area contributed by atoms with E-state index >= 15 is 0 Å². The predicted molar refractivity (Wildman–Crippen MR) is 136 cm³/mol. The molecule has 2 aromatic carbocycles. The van der Waals surface area contributed by atoms with Crippen LogP contribution in [0.4, 0.5) is 5.69 Å². The molecule has 4 nitrogen and oxygen atoms in total. The predicted octanol–water partition coefficient (Wildman–Crippen LogP) is 2.29. The number of hydrogen-bond donors (Lipinski definition) is 1. The molecule has 0 saturated carbocycles. The fraction of sp³-hybridized carbons (Fsp3) is 0.519. The molecule has 0 spiro atoms. The molecule has 1 N–H and O–H groups in total. The molecule has 1 heterocycles. The zero-order chi connectivity index (χ0) is 22.2. The smallest absolute Gasteiger partial charge is 0.220 e. The fourth-order valence-corrected chi connectivity index (χ4v) is 5.69. The highest BCUT2D eigenvalue weighted by atomic mass is 35.5. The molecule has 6 heteroatoms. The molecule has 1 unspecified atom stereocenters. The summed E-state index contributed by atoms with van der Waals surface area (Å²) in [5, 5.41) is 3.29. The van der Waals surface area contributed by atoms with Gasteiger partial charge in [0.1, 0.15) is 0 Å². The van der Waals surface area contributed by atoms with Crippen LogP contribution in [-0.2, 0) is 11.2 Å². The molecule has 0 bridgehead atoms. The lowest BCUT2D eigenvalue weighted by molar-refractivity contribution is -0.122. The van der Waals surface area contributed by atoms with Crippen molar-refractivity contribution in [2.75, 3.05) is 43.9 Å². The fourth-order valence-electron chi connectivity index (χ4n) is 5.07. The highest BCUT2D eigenvalue weighted by Gasteiger charge is 2.21. The van der Waals surface area contributed by atoms with Gasteiger partial charge in [-0.25, -0.2) is 0 Å².